The second-order valence-corrected chi connectivity index (χ2v) is 8.91. The lowest BCUT2D eigenvalue weighted by molar-refractivity contribution is -0.135. The molecule has 1 aliphatic rings. The van der Waals surface area contributed by atoms with Crippen molar-refractivity contribution in [2.75, 3.05) is 6.54 Å². The Morgan fingerprint density at radius 3 is 2.46 bits per heavy atom. The quantitative estimate of drug-likeness (QED) is 0.662. The van der Waals surface area contributed by atoms with Gasteiger partial charge in [-0.2, -0.15) is 0 Å². The fourth-order valence-corrected chi connectivity index (χ4v) is 3.33. The van der Waals surface area contributed by atoms with E-state index in [1.165, 1.54) is 0 Å². The number of benzene rings is 2. The molecule has 0 bridgehead atoms. The van der Waals surface area contributed by atoms with Crippen molar-refractivity contribution in [1.29, 1.82) is 0 Å². The molecule has 0 radical (unpaired) electrons. The largest absolute Gasteiger partial charge is 0.390 e. The van der Waals surface area contributed by atoms with Crippen molar-refractivity contribution in [1.82, 2.24) is 4.90 Å². The van der Waals surface area contributed by atoms with Crippen LogP contribution in [0.25, 0.3) is 0 Å². The first-order valence-electron chi connectivity index (χ1n) is 9.60. The molecule has 0 spiro atoms. The Morgan fingerprint density at radius 2 is 1.82 bits per heavy atom. The molecule has 0 unspecified atom stereocenters. The van der Waals surface area contributed by atoms with Crippen LogP contribution in [0, 0.1) is 5.41 Å². The third kappa shape index (κ3) is 5.83. The van der Waals surface area contributed by atoms with E-state index in [2.05, 4.69) is 25.9 Å². The number of halogens is 1. The van der Waals surface area contributed by atoms with Gasteiger partial charge in [-0.1, -0.05) is 80.0 Å². The van der Waals surface area contributed by atoms with Gasteiger partial charge in [0.2, 0.25) is 5.91 Å². The molecule has 2 aromatic rings. The van der Waals surface area contributed by atoms with E-state index in [4.69, 9.17) is 16.4 Å². The van der Waals surface area contributed by atoms with Crippen LogP contribution >= 0.6 is 11.6 Å². The highest BCUT2D eigenvalue weighted by Gasteiger charge is 2.28. The normalized spacial score (nSPS) is 16.4. The third-order valence-corrected chi connectivity index (χ3v) is 4.84. The van der Waals surface area contributed by atoms with Gasteiger partial charge in [0, 0.05) is 24.4 Å². The molecule has 5 heteroatoms. The van der Waals surface area contributed by atoms with Crippen LogP contribution in [0.4, 0.5) is 0 Å². The number of hydrogen-bond donors (Lipinski definition) is 0. The van der Waals surface area contributed by atoms with Crippen molar-refractivity contribution in [3.8, 4) is 0 Å². The van der Waals surface area contributed by atoms with Crippen LogP contribution in [0.2, 0.25) is 5.02 Å². The van der Waals surface area contributed by atoms with Gasteiger partial charge in [-0.3, -0.25) is 4.79 Å². The van der Waals surface area contributed by atoms with Gasteiger partial charge in [-0.05, 0) is 28.7 Å². The predicted octanol–water partition coefficient (Wildman–Crippen LogP) is 5.30. The molecule has 1 heterocycles. The average Bonchev–Trinajstić information content (AvgIpc) is 3.10. The Balaban J connectivity index is 1.67. The molecule has 4 nitrogen and oxygen atoms in total. The molecule has 148 valence electrons. The van der Waals surface area contributed by atoms with Gasteiger partial charge >= 0.3 is 0 Å². The molecule has 1 atom stereocenters. The molecule has 0 saturated carbocycles. The van der Waals surface area contributed by atoms with Crippen LogP contribution < -0.4 is 0 Å². The zero-order chi connectivity index (χ0) is 20.1. The molecule has 0 aliphatic carbocycles. The Hall–Kier alpha value is -2.33. The summed E-state index contributed by atoms with van der Waals surface area (Å²) < 4.78 is 0. The number of hydrogen-bond acceptors (Lipinski definition) is 3. The summed E-state index contributed by atoms with van der Waals surface area (Å²) in [4.78, 5) is 20.5. The molecule has 3 rings (SSSR count). The number of carbonyl (C=O) groups is 1. The SMILES string of the molecule is CC(C)(C)CC(=O)N(Cc1ccccc1)C[C@@H]1CC(c2ccc(Cl)cc2)=NO1. The van der Waals surface area contributed by atoms with Crippen molar-refractivity contribution < 1.29 is 9.63 Å². The van der Waals surface area contributed by atoms with Gasteiger partial charge in [0.1, 0.15) is 0 Å². The number of carbonyl (C=O) groups excluding carboxylic acids is 1. The van der Waals surface area contributed by atoms with Crippen LogP contribution in [0.3, 0.4) is 0 Å². The Labute approximate surface area is 172 Å². The molecule has 28 heavy (non-hydrogen) atoms. The van der Waals surface area contributed by atoms with Crippen molar-refractivity contribution in [2.24, 2.45) is 10.6 Å². The van der Waals surface area contributed by atoms with Crippen LogP contribution in [0.5, 0.6) is 0 Å². The predicted molar refractivity (Wildman–Crippen MR) is 113 cm³/mol. The lowest BCUT2D eigenvalue weighted by Crippen LogP contribution is -2.38. The summed E-state index contributed by atoms with van der Waals surface area (Å²) in [5.74, 6) is 0.139. The van der Waals surface area contributed by atoms with Gasteiger partial charge in [-0.25, -0.2) is 0 Å². The lowest BCUT2D eigenvalue weighted by atomic mass is 9.91. The van der Waals surface area contributed by atoms with Crippen molar-refractivity contribution in [2.45, 2.75) is 46.3 Å². The molecule has 0 N–H and O–H groups in total. The summed E-state index contributed by atoms with van der Waals surface area (Å²) in [6.45, 7) is 7.34. The first-order valence-corrected chi connectivity index (χ1v) is 9.98. The van der Waals surface area contributed by atoms with E-state index in [1.54, 1.807) is 0 Å². The summed E-state index contributed by atoms with van der Waals surface area (Å²) in [6.07, 6.45) is 1.03. The summed E-state index contributed by atoms with van der Waals surface area (Å²) in [7, 11) is 0. The highest BCUT2D eigenvalue weighted by Crippen LogP contribution is 2.23. The minimum Gasteiger partial charge on any atom is -0.390 e. The number of rotatable bonds is 6. The third-order valence-electron chi connectivity index (χ3n) is 4.58. The van der Waals surface area contributed by atoms with Crippen molar-refractivity contribution in [3.05, 3.63) is 70.7 Å². The van der Waals surface area contributed by atoms with E-state index in [0.717, 1.165) is 16.8 Å². The molecule has 1 amide bonds. The Kier molecular flexibility index (Phi) is 6.40. The Morgan fingerprint density at radius 1 is 1.14 bits per heavy atom. The minimum atomic E-state index is -0.140. The van der Waals surface area contributed by atoms with Crippen molar-refractivity contribution >= 4 is 23.2 Å². The minimum absolute atomic E-state index is 0.0620. The topological polar surface area (TPSA) is 41.9 Å². The smallest absolute Gasteiger partial charge is 0.223 e. The zero-order valence-corrected chi connectivity index (χ0v) is 17.4. The van der Waals surface area contributed by atoms with E-state index < -0.39 is 0 Å². The molecular formula is C23H27ClN2O2. The molecule has 0 aromatic heterocycles. The number of oxime groups is 1. The second-order valence-electron chi connectivity index (χ2n) is 8.47. The second kappa shape index (κ2) is 8.78. The van der Waals surface area contributed by atoms with Crippen molar-refractivity contribution in [3.63, 3.8) is 0 Å². The fraction of sp³-hybridized carbons (Fsp3) is 0.391. The highest BCUT2D eigenvalue weighted by molar-refractivity contribution is 6.30. The number of amides is 1. The fourth-order valence-electron chi connectivity index (χ4n) is 3.21. The Bertz CT molecular complexity index is 826. The monoisotopic (exact) mass is 398 g/mol. The van der Waals surface area contributed by atoms with E-state index in [-0.39, 0.29) is 17.4 Å². The maximum atomic E-state index is 13.0. The maximum absolute atomic E-state index is 13.0. The van der Waals surface area contributed by atoms with Gasteiger partial charge in [-0.15, -0.1) is 0 Å². The van der Waals surface area contributed by atoms with Crippen LogP contribution in [-0.4, -0.2) is 29.2 Å². The molecule has 1 aliphatic heterocycles. The first kappa shape index (κ1) is 20.4. The molecular weight excluding hydrogens is 372 g/mol. The highest BCUT2D eigenvalue weighted by atomic mass is 35.5. The molecule has 0 fully saturated rings. The summed E-state index contributed by atoms with van der Waals surface area (Å²) >= 11 is 5.97. The van der Waals surface area contributed by atoms with Gasteiger partial charge in [0.05, 0.1) is 12.3 Å². The number of nitrogens with zero attached hydrogens (tertiary/aromatic N) is 2. The van der Waals surface area contributed by atoms with Crippen LogP contribution in [0.1, 0.15) is 44.7 Å². The average molecular weight is 399 g/mol. The zero-order valence-electron chi connectivity index (χ0n) is 16.7. The van der Waals surface area contributed by atoms with Gasteiger partial charge < -0.3 is 9.74 Å². The van der Waals surface area contributed by atoms with Crippen LogP contribution in [-0.2, 0) is 16.2 Å². The maximum Gasteiger partial charge on any atom is 0.223 e. The van der Waals surface area contributed by atoms with Gasteiger partial charge in [0.15, 0.2) is 6.10 Å². The molecule has 0 saturated heterocycles. The first-order chi connectivity index (χ1) is 13.3. The van der Waals surface area contributed by atoms with Gasteiger partial charge in [0.25, 0.3) is 0 Å². The molecule has 2 aromatic carbocycles. The lowest BCUT2D eigenvalue weighted by Gasteiger charge is -2.28. The summed E-state index contributed by atoms with van der Waals surface area (Å²) in [6, 6.07) is 17.6. The summed E-state index contributed by atoms with van der Waals surface area (Å²) in [5, 5.41) is 4.94. The van der Waals surface area contributed by atoms with E-state index in [9.17, 15) is 4.79 Å². The van der Waals surface area contributed by atoms with E-state index >= 15 is 0 Å². The van der Waals surface area contributed by atoms with E-state index in [0.29, 0.717) is 31.0 Å². The van der Waals surface area contributed by atoms with Crippen LogP contribution in [0.15, 0.2) is 59.8 Å². The van der Waals surface area contributed by atoms with E-state index in [1.807, 2.05) is 59.5 Å². The summed E-state index contributed by atoms with van der Waals surface area (Å²) in [5.41, 5.74) is 2.95. The standard InChI is InChI=1S/C23H27ClN2O2/c1-23(2,3)14-22(27)26(15-17-7-5-4-6-8-17)16-20-13-21(25-28-20)18-9-11-19(24)12-10-18/h4-12,20H,13-16H2,1-3H3/t20-/m0/s1.